The van der Waals surface area contributed by atoms with Crippen molar-refractivity contribution in [1.82, 2.24) is 4.90 Å². The number of para-hydroxylation sites is 1. The molecule has 2 rings (SSSR count). The van der Waals surface area contributed by atoms with Crippen LogP contribution in [0.5, 0.6) is 5.75 Å². The number of morpholine rings is 1. The first kappa shape index (κ1) is 13.3. The van der Waals surface area contributed by atoms with E-state index in [0.29, 0.717) is 0 Å². The van der Waals surface area contributed by atoms with Gasteiger partial charge in [-0.15, -0.1) is 0 Å². The van der Waals surface area contributed by atoms with Crippen molar-refractivity contribution < 1.29 is 14.6 Å². The quantitative estimate of drug-likeness (QED) is 0.851. The lowest BCUT2D eigenvalue weighted by Gasteiger charge is -2.30. The largest absolute Gasteiger partial charge is 0.496 e. The highest BCUT2D eigenvalue weighted by molar-refractivity contribution is 5.36. The van der Waals surface area contributed by atoms with Crippen molar-refractivity contribution >= 4 is 0 Å². The molecule has 1 N–H and O–H groups in total. The molecule has 0 saturated carbocycles. The van der Waals surface area contributed by atoms with Crippen LogP contribution in [-0.2, 0) is 4.74 Å². The summed E-state index contributed by atoms with van der Waals surface area (Å²) < 4.78 is 10.7. The van der Waals surface area contributed by atoms with Gasteiger partial charge in [0.25, 0.3) is 0 Å². The van der Waals surface area contributed by atoms with Gasteiger partial charge in [-0.3, -0.25) is 4.90 Å². The second-order valence-corrected chi connectivity index (χ2v) is 4.53. The second-order valence-electron chi connectivity index (χ2n) is 4.53. The topological polar surface area (TPSA) is 41.9 Å². The van der Waals surface area contributed by atoms with E-state index in [0.717, 1.165) is 44.2 Å². The highest BCUT2D eigenvalue weighted by Gasteiger charge is 2.20. The number of nitrogens with zero attached hydrogens (tertiary/aromatic N) is 1. The number of aliphatic hydroxyl groups excluding tert-OH is 1. The number of benzene rings is 1. The Bertz CT molecular complexity index is 364. The molecule has 1 heterocycles. The number of rotatable bonds is 5. The Hall–Kier alpha value is -1.10. The predicted molar refractivity (Wildman–Crippen MR) is 70.1 cm³/mol. The smallest absolute Gasteiger partial charge is 0.122 e. The van der Waals surface area contributed by atoms with Crippen LogP contribution in [0.25, 0.3) is 0 Å². The van der Waals surface area contributed by atoms with Gasteiger partial charge in [-0.1, -0.05) is 18.2 Å². The molecule has 1 saturated heterocycles. The van der Waals surface area contributed by atoms with E-state index in [9.17, 15) is 5.11 Å². The van der Waals surface area contributed by atoms with Crippen LogP contribution in [0, 0.1) is 0 Å². The lowest BCUT2D eigenvalue weighted by molar-refractivity contribution is 0.0318. The van der Waals surface area contributed by atoms with Crippen LogP contribution < -0.4 is 4.74 Å². The molecule has 0 amide bonds. The third-order valence-electron chi connectivity index (χ3n) is 3.38. The summed E-state index contributed by atoms with van der Waals surface area (Å²) in [7, 11) is 1.67. The molecule has 4 heteroatoms. The van der Waals surface area contributed by atoms with Gasteiger partial charge in [-0.25, -0.2) is 0 Å². The molecule has 1 atom stereocenters. The van der Waals surface area contributed by atoms with Crippen LogP contribution in [0.2, 0.25) is 0 Å². The van der Waals surface area contributed by atoms with Crippen molar-refractivity contribution in [3.05, 3.63) is 29.8 Å². The summed E-state index contributed by atoms with van der Waals surface area (Å²) in [6.45, 7) is 4.42. The average molecular weight is 251 g/mol. The molecule has 1 unspecified atom stereocenters. The van der Waals surface area contributed by atoms with Crippen molar-refractivity contribution in [1.29, 1.82) is 0 Å². The summed E-state index contributed by atoms with van der Waals surface area (Å²) in [5.41, 5.74) is 1.08. The van der Waals surface area contributed by atoms with Crippen LogP contribution in [0.4, 0.5) is 0 Å². The van der Waals surface area contributed by atoms with Gasteiger partial charge < -0.3 is 14.6 Å². The van der Waals surface area contributed by atoms with Gasteiger partial charge in [0.1, 0.15) is 5.75 Å². The van der Waals surface area contributed by atoms with Crippen LogP contribution in [0.3, 0.4) is 0 Å². The maximum Gasteiger partial charge on any atom is 0.122 e. The van der Waals surface area contributed by atoms with Gasteiger partial charge in [0.05, 0.1) is 26.9 Å². The van der Waals surface area contributed by atoms with Gasteiger partial charge in [0, 0.05) is 31.1 Å². The lowest BCUT2D eigenvalue weighted by atomic mass is 9.98. The van der Waals surface area contributed by atoms with Crippen molar-refractivity contribution in [3.8, 4) is 5.75 Å². The maximum absolute atomic E-state index is 9.62. The summed E-state index contributed by atoms with van der Waals surface area (Å²) in [4.78, 5) is 2.33. The Labute approximate surface area is 108 Å². The summed E-state index contributed by atoms with van der Waals surface area (Å²) in [5, 5.41) is 9.62. The summed E-state index contributed by atoms with van der Waals surface area (Å²) in [6.07, 6.45) is 0. The van der Waals surface area contributed by atoms with Crippen LogP contribution in [0.1, 0.15) is 11.5 Å². The normalized spacial score (nSPS) is 18.6. The number of ether oxygens (including phenoxy) is 2. The average Bonchev–Trinajstić information content (AvgIpc) is 2.46. The van der Waals surface area contributed by atoms with E-state index in [-0.39, 0.29) is 12.5 Å². The molecule has 1 aliphatic rings. The van der Waals surface area contributed by atoms with Crippen molar-refractivity contribution in [2.24, 2.45) is 0 Å². The van der Waals surface area contributed by atoms with Gasteiger partial charge in [0.15, 0.2) is 0 Å². The Kier molecular flexibility index (Phi) is 4.99. The first-order valence-electron chi connectivity index (χ1n) is 6.39. The first-order valence-corrected chi connectivity index (χ1v) is 6.39. The van der Waals surface area contributed by atoms with Crippen LogP contribution >= 0.6 is 0 Å². The molecule has 4 nitrogen and oxygen atoms in total. The maximum atomic E-state index is 9.62. The minimum Gasteiger partial charge on any atom is -0.496 e. The zero-order valence-corrected chi connectivity index (χ0v) is 10.8. The summed E-state index contributed by atoms with van der Waals surface area (Å²) in [5.74, 6) is 0.948. The van der Waals surface area contributed by atoms with Gasteiger partial charge in [0.2, 0.25) is 0 Å². The molecular weight excluding hydrogens is 230 g/mol. The van der Waals surface area contributed by atoms with Gasteiger partial charge >= 0.3 is 0 Å². The number of hydrogen-bond donors (Lipinski definition) is 1. The molecule has 1 fully saturated rings. The number of methoxy groups -OCH3 is 1. The molecule has 0 bridgehead atoms. The SMILES string of the molecule is COc1ccccc1C(CO)CN1CCOCC1. The molecule has 0 aliphatic carbocycles. The van der Waals surface area contributed by atoms with Crippen molar-refractivity contribution in [2.45, 2.75) is 5.92 Å². The highest BCUT2D eigenvalue weighted by Crippen LogP contribution is 2.27. The minimum atomic E-state index is 0.0965. The molecule has 0 spiro atoms. The Morgan fingerprint density at radius 3 is 2.72 bits per heavy atom. The molecular formula is C14H21NO3. The van der Waals surface area contributed by atoms with Crippen LogP contribution in [-0.4, -0.2) is 56.6 Å². The van der Waals surface area contributed by atoms with E-state index in [2.05, 4.69) is 4.90 Å². The first-order chi connectivity index (χ1) is 8.85. The number of hydrogen-bond acceptors (Lipinski definition) is 4. The molecule has 0 aromatic heterocycles. The van der Waals surface area contributed by atoms with Gasteiger partial charge in [-0.05, 0) is 6.07 Å². The molecule has 1 aromatic rings. The molecule has 1 aliphatic heterocycles. The lowest BCUT2D eigenvalue weighted by Crippen LogP contribution is -2.39. The van der Waals surface area contributed by atoms with E-state index in [4.69, 9.17) is 9.47 Å². The molecule has 100 valence electrons. The fourth-order valence-corrected chi connectivity index (χ4v) is 2.35. The molecule has 18 heavy (non-hydrogen) atoms. The van der Waals surface area contributed by atoms with E-state index >= 15 is 0 Å². The van der Waals surface area contributed by atoms with E-state index in [1.165, 1.54) is 0 Å². The minimum absolute atomic E-state index is 0.0965. The fourth-order valence-electron chi connectivity index (χ4n) is 2.35. The van der Waals surface area contributed by atoms with E-state index in [1.54, 1.807) is 7.11 Å². The second kappa shape index (κ2) is 6.73. The van der Waals surface area contributed by atoms with Crippen molar-refractivity contribution in [3.63, 3.8) is 0 Å². The Morgan fingerprint density at radius 2 is 2.06 bits per heavy atom. The number of aliphatic hydroxyl groups is 1. The Morgan fingerprint density at radius 1 is 1.33 bits per heavy atom. The molecule has 1 aromatic carbocycles. The highest BCUT2D eigenvalue weighted by atomic mass is 16.5. The van der Waals surface area contributed by atoms with E-state index in [1.807, 2.05) is 24.3 Å². The fraction of sp³-hybridized carbons (Fsp3) is 0.571. The summed E-state index contributed by atoms with van der Waals surface area (Å²) in [6, 6.07) is 7.91. The van der Waals surface area contributed by atoms with Crippen molar-refractivity contribution in [2.75, 3.05) is 46.6 Å². The van der Waals surface area contributed by atoms with Gasteiger partial charge in [-0.2, -0.15) is 0 Å². The zero-order chi connectivity index (χ0) is 12.8. The monoisotopic (exact) mass is 251 g/mol. The third-order valence-corrected chi connectivity index (χ3v) is 3.38. The summed E-state index contributed by atoms with van der Waals surface area (Å²) >= 11 is 0. The standard InChI is InChI=1S/C14H21NO3/c1-17-14-5-3-2-4-13(14)12(11-16)10-15-6-8-18-9-7-15/h2-5,12,16H,6-11H2,1H3. The predicted octanol–water partition coefficient (Wildman–Crippen LogP) is 1.10. The Balaban J connectivity index is 2.07. The van der Waals surface area contributed by atoms with Crippen LogP contribution in [0.15, 0.2) is 24.3 Å². The third kappa shape index (κ3) is 3.22. The molecule has 0 radical (unpaired) electrons. The zero-order valence-electron chi connectivity index (χ0n) is 10.8. The van der Waals surface area contributed by atoms with E-state index < -0.39 is 0 Å².